The number of benzene rings is 1. The number of amidine groups is 1. The van der Waals surface area contributed by atoms with Gasteiger partial charge in [-0.1, -0.05) is 66.3 Å². The Kier molecular flexibility index (Phi) is 5.16. The van der Waals surface area contributed by atoms with Crippen LogP contribution in [0.1, 0.15) is 82.9 Å². The molecule has 0 aliphatic carbocycles. The lowest BCUT2D eigenvalue weighted by molar-refractivity contribution is 0.319. The van der Waals surface area contributed by atoms with Crippen LogP contribution in [0.5, 0.6) is 5.75 Å². The van der Waals surface area contributed by atoms with E-state index in [-0.39, 0.29) is 22.9 Å². The van der Waals surface area contributed by atoms with E-state index in [0.717, 1.165) is 28.5 Å². The Morgan fingerprint density at radius 1 is 1.03 bits per heavy atom. The van der Waals surface area contributed by atoms with Crippen LogP contribution in [0.15, 0.2) is 41.5 Å². The van der Waals surface area contributed by atoms with Gasteiger partial charge in [-0.3, -0.25) is 9.98 Å². The van der Waals surface area contributed by atoms with Crippen molar-refractivity contribution in [1.82, 2.24) is 9.88 Å². The van der Waals surface area contributed by atoms with Crippen LogP contribution in [0.3, 0.4) is 0 Å². The molecular weight excluding hydrogens is 390 g/mol. The molecule has 1 fully saturated rings. The summed E-state index contributed by atoms with van der Waals surface area (Å²) in [6.07, 6.45) is 1.85. The summed E-state index contributed by atoms with van der Waals surface area (Å²) in [7, 11) is 0. The third kappa shape index (κ3) is 3.73. The number of hydrogen-bond donors (Lipinski definition) is 1. The number of aromatic hydroxyl groups is 1. The van der Waals surface area contributed by atoms with Crippen LogP contribution >= 0.6 is 11.8 Å². The maximum atomic E-state index is 11.2. The number of aliphatic imine (C=N–C) groups is 1. The number of nitrogens with zero attached hydrogens (tertiary/aromatic N) is 3. The maximum Gasteiger partial charge on any atom is 0.160 e. The molecule has 4 rings (SSSR count). The summed E-state index contributed by atoms with van der Waals surface area (Å²) in [5.41, 5.74) is 3.90. The first-order chi connectivity index (χ1) is 14.0. The highest BCUT2D eigenvalue weighted by atomic mass is 32.2. The average Bonchev–Trinajstić information content (AvgIpc) is 3.16. The van der Waals surface area contributed by atoms with E-state index in [4.69, 9.17) is 4.99 Å². The average molecular weight is 424 g/mol. The van der Waals surface area contributed by atoms with Crippen LogP contribution in [0, 0.1) is 0 Å². The number of phenolic OH excluding ortho intramolecular Hbond substituents is 1. The second-order valence-corrected chi connectivity index (χ2v) is 12.0. The van der Waals surface area contributed by atoms with Crippen LogP contribution in [0.25, 0.3) is 0 Å². The van der Waals surface area contributed by atoms with E-state index in [9.17, 15) is 5.11 Å². The molecular formula is C25H33N3OS. The van der Waals surface area contributed by atoms with E-state index < -0.39 is 0 Å². The van der Waals surface area contributed by atoms with Crippen LogP contribution in [-0.4, -0.2) is 32.0 Å². The molecule has 2 aromatic rings. The molecule has 0 spiro atoms. The van der Waals surface area contributed by atoms with Gasteiger partial charge in [0.2, 0.25) is 0 Å². The van der Waals surface area contributed by atoms with E-state index in [1.54, 1.807) is 0 Å². The third-order valence-corrected chi connectivity index (χ3v) is 7.07. The first-order valence-electron chi connectivity index (χ1n) is 10.8. The van der Waals surface area contributed by atoms with E-state index in [0.29, 0.717) is 11.0 Å². The Morgan fingerprint density at radius 3 is 2.20 bits per heavy atom. The maximum absolute atomic E-state index is 11.2. The first kappa shape index (κ1) is 21.2. The van der Waals surface area contributed by atoms with Crippen molar-refractivity contribution in [3.05, 3.63) is 58.9 Å². The molecule has 4 nitrogen and oxygen atoms in total. The lowest BCUT2D eigenvalue weighted by Crippen LogP contribution is -2.29. The van der Waals surface area contributed by atoms with Crippen molar-refractivity contribution in [2.75, 3.05) is 6.54 Å². The molecule has 160 valence electrons. The van der Waals surface area contributed by atoms with Gasteiger partial charge in [-0.25, -0.2) is 0 Å². The highest BCUT2D eigenvalue weighted by molar-refractivity contribution is 8.14. The van der Waals surface area contributed by atoms with Gasteiger partial charge in [0.25, 0.3) is 0 Å². The summed E-state index contributed by atoms with van der Waals surface area (Å²) in [5.74, 6) is 0.427. The van der Waals surface area contributed by atoms with E-state index in [1.165, 1.54) is 5.56 Å². The van der Waals surface area contributed by atoms with Crippen molar-refractivity contribution < 1.29 is 5.11 Å². The predicted octanol–water partition coefficient (Wildman–Crippen LogP) is 5.97. The van der Waals surface area contributed by atoms with E-state index in [1.807, 2.05) is 30.1 Å². The van der Waals surface area contributed by atoms with Crippen molar-refractivity contribution in [1.29, 1.82) is 0 Å². The molecule has 1 N–H and O–H groups in total. The molecule has 3 heterocycles. The predicted molar refractivity (Wildman–Crippen MR) is 126 cm³/mol. The molecule has 30 heavy (non-hydrogen) atoms. The van der Waals surface area contributed by atoms with Crippen LogP contribution in [0.4, 0.5) is 0 Å². The van der Waals surface area contributed by atoms with Crippen LogP contribution < -0.4 is 0 Å². The quantitative estimate of drug-likeness (QED) is 0.646. The van der Waals surface area contributed by atoms with Gasteiger partial charge in [0.1, 0.15) is 11.8 Å². The van der Waals surface area contributed by atoms with Crippen molar-refractivity contribution in [3.63, 3.8) is 0 Å². The van der Waals surface area contributed by atoms with E-state index in [2.05, 4.69) is 76.5 Å². The Bertz CT molecular complexity index is 937. The molecule has 0 bridgehead atoms. The van der Waals surface area contributed by atoms with Gasteiger partial charge in [0.15, 0.2) is 5.17 Å². The highest BCUT2D eigenvalue weighted by Gasteiger charge is 2.44. The minimum Gasteiger partial charge on any atom is -0.507 e. The monoisotopic (exact) mass is 423 g/mol. The summed E-state index contributed by atoms with van der Waals surface area (Å²) in [6.45, 7) is 16.2. The van der Waals surface area contributed by atoms with Crippen molar-refractivity contribution in [3.8, 4) is 5.75 Å². The fourth-order valence-corrected chi connectivity index (χ4v) is 5.54. The molecule has 0 amide bonds. The standard InChI is InChI=1S/C25H33N3OS/c1-15-14-28-21(20(27-23(28)30-15)19-10-8-9-11-26-19)16-12-17(24(2,3)4)22(29)18(13-16)25(5,6)7/h8-13,15,20-21,29H,14H2,1-7H3/t15-,20-,21-/m1/s1. The summed E-state index contributed by atoms with van der Waals surface area (Å²) in [6, 6.07) is 10.5. The van der Waals surface area contributed by atoms with Gasteiger partial charge >= 0.3 is 0 Å². The number of phenols is 1. The van der Waals surface area contributed by atoms with Gasteiger partial charge in [0, 0.05) is 18.0 Å². The normalized spacial score (nSPS) is 24.2. The number of fused-ring (bicyclic) bond motifs is 1. The fraction of sp³-hybridized carbons (Fsp3) is 0.520. The van der Waals surface area contributed by atoms with Gasteiger partial charge < -0.3 is 10.0 Å². The molecule has 5 heteroatoms. The zero-order chi connectivity index (χ0) is 21.8. The van der Waals surface area contributed by atoms with E-state index >= 15 is 0 Å². The molecule has 1 aromatic carbocycles. The molecule has 1 aromatic heterocycles. The molecule has 0 unspecified atom stereocenters. The van der Waals surface area contributed by atoms with Crippen LogP contribution in [-0.2, 0) is 10.8 Å². The zero-order valence-electron chi connectivity index (χ0n) is 19.1. The molecule has 2 aliphatic rings. The lowest BCUT2D eigenvalue weighted by atomic mass is 9.77. The SMILES string of the molecule is C[C@@H]1CN2C(=N[C@H](c3ccccn3)[C@H]2c2cc(C(C)(C)C)c(O)c(C(C)(C)C)c2)S1. The van der Waals surface area contributed by atoms with Gasteiger partial charge in [-0.05, 0) is 51.8 Å². The Morgan fingerprint density at radius 2 is 1.67 bits per heavy atom. The number of aromatic nitrogens is 1. The van der Waals surface area contributed by atoms with Crippen molar-refractivity contribution in [2.45, 2.75) is 76.6 Å². The van der Waals surface area contributed by atoms with Crippen molar-refractivity contribution in [2.24, 2.45) is 4.99 Å². The largest absolute Gasteiger partial charge is 0.507 e. The Balaban J connectivity index is 1.90. The molecule has 0 radical (unpaired) electrons. The number of rotatable bonds is 2. The summed E-state index contributed by atoms with van der Waals surface area (Å²) >= 11 is 1.85. The fourth-order valence-electron chi connectivity index (χ4n) is 4.45. The molecule has 0 saturated carbocycles. The minimum atomic E-state index is -0.157. The van der Waals surface area contributed by atoms with Gasteiger partial charge in [0.05, 0.1) is 11.7 Å². The molecule has 1 saturated heterocycles. The number of thioether (sulfide) groups is 1. The minimum absolute atomic E-state index is 0.0358. The number of hydrogen-bond acceptors (Lipinski definition) is 5. The summed E-state index contributed by atoms with van der Waals surface area (Å²) in [4.78, 5) is 12.2. The zero-order valence-corrected chi connectivity index (χ0v) is 19.9. The summed E-state index contributed by atoms with van der Waals surface area (Å²) in [5, 5.41) is 12.8. The lowest BCUT2D eigenvalue weighted by Gasteiger charge is -2.32. The Hall–Kier alpha value is -2.01. The second kappa shape index (κ2) is 7.30. The van der Waals surface area contributed by atoms with Gasteiger partial charge in [-0.15, -0.1) is 0 Å². The second-order valence-electron chi connectivity index (χ2n) is 10.6. The molecule has 3 atom stereocenters. The topological polar surface area (TPSA) is 48.7 Å². The Labute approximate surface area is 184 Å². The first-order valence-corrected chi connectivity index (χ1v) is 11.6. The number of pyridine rings is 1. The third-order valence-electron chi connectivity index (χ3n) is 5.97. The van der Waals surface area contributed by atoms with Gasteiger partial charge in [-0.2, -0.15) is 0 Å². The molecule has 2 aliphatic heterocycles. The smallest absolute Gasteiger partial charge is 0.160 e. The summed E-state index contributed by atoms with van der Waals surface area (Å²) < 4.78 is 0. The highest BCUT2D eigenvalue weighted by Crippen LogP contribution is 2.50. The van der Waals surface area contributed by atoms with Crippen molar-refractivity contribution >= 4 is 16.9 Å². The van der Waals surface area contributed by atoms with Crippen LogP contribution in [0.2, 0.25) is 0 Å².